The Morgan fingerprint density at radius 3 is 3.00 bits per heavy atom. The van der Waals surface area contributed by atoms with E-state index in [4.69, 9.17) is 11.6 Å². The molecule has 0 spiro atoms. The molecule has 0 radical (unpaired) electrons. The minimum Gasteiger partial charge on any atom is -0.360 e. The van der Waals surface area contributed by atoms with Gasteiger partial charge in [0.1, 0.15) is 11.9 Å². The number of anilines is 1. The molecule has 3 rings (SSSR count). The molecule has 0 fully saturated rings. The van der Waals surface area contributed by atoms with Crippen LogP contribution in [-0.2, 0) is 0 Å². The van der Waals surface area contributed by atoms with E-state index in [0.717, 1.165) is 0 Å². The van der Waals surface area contributed by atoms with Gasteiger partial charge in [-0.15, -0.1) is 5.10 Å². The maximum atomic E-state index is 11.9. The van der Waals surface area contributed by atoms with Gasteiger partial charge in [0.05, 0.1) is 11.3 Å². The Hall–Kier alpha value is -1.66. The highest BCUT2D eigenvalue weighted by atomic mass is 35.5. The van der Waals surface area contributed by atoms with E-state index in [9.17, 15) is 4.79 Å². The summed E-state index contributed by atoms with van der Waals surface area (Å²) < 4.78 is 3.77. The van der Waals surface area contributed by atoms with E-state index in [2.05, 4.69) is 20.2 Å². The van der Waals surface area contributed by atoms with E-state index in [1.54, 1.807) is 23.6 Å². The Bertz CT molecular complexity index is 572. The number of amides is 1. The highest BCUT2D eigenvalue weighted by Gasteiger charge is 2.25. The molecule has 0 saturated carbocycles. The third kappa shape index (κ3) is 1.85. The van der Waals surface area contributed by atoms with Crippen molar-refractivity contribution in [3.05, 3.63) is 39.9 Å². The van der Waals surface area contributed by atoms with Gasteiger partial charge in [-0.2, -0.15) is 0 Å². The third-order valence-corrected chi connectivity index (χ3v) is 3.23. The molecule has 1 aliphatic rings. The lowest BCUT2D eigenvalue weighted by atomic mass is 10.1. The van der Waals surface area contributed by atoms with Gasteiger partial charge in [0.25, 0.3) is 5.91 Å². The van der Waals surface area contributed by atoms with Crippen LogP contribution in [0.5, 0.6) is 0 Å². The minimum atomic E-state index is -0.354. The van der Waals surface area contributed by atoms with Crippen molar-refractivity contribution in [1.82, 2.24) is 14.9 Å². The zero-order valence-corrected chi connectivity index (χ0v) is 10.0. The van der Waals surface area contributed by atoms with Crippen LogP contribution in [0, 0.1) is 0 Å². The molecule has 1 aromatic heterocycles. The summed E-state index contributed by atoms with van der Waals surface area (Å²) in [6.45, 7) is 0. The fourth-order valence-electron chi connectivity index (χ4n) is 1.68. The minimum absolute atomic E-state index is 0.145. The van der Waals surface area contributed by atoms with Gasteiger partial charge >= 0.3 is 0 Å². The highest BCUT2D eigenvalue weighted by Crippen LogP contribution is 2.28. The van der Waals surface area contributed by atoms with Crippen LogP contribution in [-0.4, -0.2) is 15.5 Å². The first-order valence-corrected chi connectivity index (χ1v) is 6.09. The van der Waals surface area contributed by atoms with Gasteiger partial charge in [-0.3, -0.25) is 4.79 Å². The summed E-state index contributed by atoms with van der Waals surface area (Å²) in [4.78, 5) is 11.9. The smallest absolute Gasteiger partial charge is 0.255 e. The molecule has 5 nitrogen and oxygen atoms in total. The molecule has 1 atom stereocenters. The number of hydrogen-bond donors (Lipinski definition) is 2. The fourth-order valence-corrected chi connectivity index (χ4v) is 2.33. The largest absolute Gasteiger partial charge is 0.360 e. The lowest BCUT2D eigenvalue weighted by Gasteiger charge is -2.26. The monoisotopic (exact) mass is 266 g/mol. The van der Waals surface area contributed by atoms with Crippen LogP contribution in [0.2, 0.25) is 5.02 Å². The second-order valence-corrected chi connectivity index (χ2v) is 4.62. The second kappa shape index (κ2) is 3.97. The van der Waals surface area contributed by atoms with E-state index in [-0.39, 0.29) is 12.1 Å². The number of carbonyl (C=O) groups excluding carboxylic acids is 1. The number of fused-ring (bicyclic) bond motifs is 1. The molecular weight excluding hydrogens is 260 g/mol. The van der Waals surface area contributed by atoms with E-state index in [0.29, 0.717) is 22.0 Å². The van der Waals surface area contributed by atoms with Crippen LogP contribution < -0.4 is 10.6 Å². The van der Waals surface area contributed by atoms with Crippen LogP contribution in [0.1, 0.15) is 22.2 Å². The molecule has 2 N–H and O–H groups in total. The van der Waals surface area contributed by atoms with Gasteiger partial charge in [0, 0.05) is 10.4 Å². The molecule has 0 bridgehead atoms. The number of halogens is 1. The zero-order chi connectivity index (χ0) is 11.8. The summed E-state index contributed by atoms with van der Waals surface area (Å²) in [7, 11) is 0. The van der Waals surface area contributed by atoms with Crippen molar-refractivity contribution in [2.75, 3.05) is 5.32 Å². The van der Waals surface area contributed by atoms with Crippen molar-refractivity contribution < 1.29 is 4.79 Å². The average Bonchev–Trinajstić information content (AvgIpc) is 2.81. The summed E-state index contributed by atoms with van der Waals surface area (Å²) in [6, 6.07) is 5.10. The van der Waals surface area contributed by atoms with Gasteiger partial charge in [0.2, 0.25) is 0 Å². The van der Waals surface area contributed by atoms with E-state index >= 15 is 0 Å². The van der Waals surface area contributed by atoms with Gasteiger partial charge in [-0.1, -0.05) is 16.1 Å². The van der Waals surface area contributed by atoms with Gasteiger partial charge < -0.3 is 10.6 Å². The Kier molecular flexibility index (Phi) is 2.45. The van der Waals surface area contributed by atoms with Crippen LogP contribution in [0.4, 0.5) is 5.69 Å². The number of hydrogen-bond acceptors (Lipinski definition) is 5. The summed E-state index contributed by atoms with van der Waals surface area (Å²) in [5.74, 6) is -0.145. The van der Waals surface area contributed by atoms with Crippen molar-refractivity contribution in [3.8, 4) is 0 Å². The van der Waals surface area contributed by atoms with Crippen LogP contribution in [0.3, 0.4) is 0 Å². The molecule has 0 saturated heterocycles. The molecule has 7 heteroatoms. The number of nitrogens with zero attached hydrogens (tertiary/aromatic N) is 2. The van der Waals surface area contributed by atoms with E-state index < -0.39 is 0 Å². The van der Waals surface area contributed by atoms with Crippen molar-refractivity contribution in [3.63, 3.8) is 0 Å². The zero-order valence-electron chi connectivity index (χ0n) is 8.48. The predicted molar refractivity (Wildman–Crippen MR) is 65.2 cm³/mol. The van der Waals surface area contributed by atoms with E-state index in [1.165, 1.54) is 11.5 Å². The average molecular weight is 267 g/mol. The molecule has 2 aromatic rings. The maximum Gasteiger partial charge on any atom is 0.255 e. The summed E-state index contributed by atoms with van der Waals surface area (Å²) in [5, 5.41) is 12.3. The molecule has 1 aliphatic heterocycles. The number of benzene rings is 1. The first-order chi connectivity index (χ1) is 8.24. The first-order valence-electron chi connectivity index (χ1n) is 4.88. The van der Waals surface area contributed by atoms with Crippen LogP contribution >= 0.6 is 23.1 Å². The quantitative estimate of drug-likeness (QED) is 0.829. The second-order valence-electron chi connectivity index (χ2n) is 3.57. The van der Waals surface area contributed by atoms with Gasteiger partial charge in [-0.25, -0.2) is 0 Å². The molecule has 17 heavy (non-hydrogen) atoms. The molecule has 1 aromatic carbocycles. The van der Waals surface area contributed by atoms with Crippen molar-refractivity contribution in [2.45, 2.75) is 6.17 Å². The number of aromatic nitrogens is 2. The molecule has 2 heterocycles. The van der Waals surface area contributed by atoms with Crippen LogP contribution in [0.25, 0.3) is 0 Å². The Labute approximate surface area is 106 Å². The van der Waals surface area contributed by atoms with E-state index in [1.807, 2.05) is 0 Å². The van der Waals surface area contributed by atoms with Crippen molar-refractivity contribution in [2.24, 2.45) is 0 Å². The summed E-state index contributed by atoms with van der Waals surface area (Å²) in [6.07, 6.45) is -0.354. The molecular formula is C10H7ClN4OS. The first kappa shape index (κ1) is 10.5. The Balaban J connectivity index is 2.00. The topological polar surface area (TPSA) is 66.9 Å². The SMILES string of the molecule is O=C1N[C@H](c2csnn2)Nc2cc(Cl)ccc21. The predicted octanol–water partition coefficient (Wildman–Crippen LogP) is 2.05. The number of carbonyl (C=O) groups is 1. The molecule has 0 unspecified atom stereocenters. The van der Waals surface area contributed by atoms with Crippen molar-refractivity contribution in [1.29, 1.82) is 0 Å². The fraction of sp³-hybridized carbons (Fsp3) is 0.100. The number of rotatable bonds is 1. The Morgan fingerprint density at radius 2 is 2.24 bits per heavy atom. The Morgan fingerprint density at radius 1 is 1.35 bits per heavy atom. The summed E-state index contributed by atoms with van der Waals surface area (Å²) in [5.41, 5.74) is 1.97. The van der Waals surface area contributed by atoms with Crippen LogP contribution in [0.15, 0.2) is 23.6 Å². The normalized spacial score (nSPS) is 18.2. The molecule has 1 amide bonds. The van der Waals surface area contributed by atoms with Gasteiger partial charge in [0.15, 0.2) is 0 Å². The highest BCUT2D eigenvalue weighted by molar-refractivity contribution is 7.03. The molecule has 0 aliphatic carbocycles. The summed E-state index contributed by atoms with van der Waals surface area (Å²) >= 11 is 7.14. The number of nitrogens with one attached hydrogen (secondary N) is 2. The van der Waals surface area contributed by atoms with Crippen molar-refractivity contribution >= 4 is 34.7 Å². The maximum absolute atomic E-state index is 11.9. The molecule has 86 valence electrons. The lowest BCUT2D eigenvalue weighted by Crippen LogP contribution is -2.38. The third-order valence-electron chi connectivity index (χ3n) is 2.47. The standard InChI is InChI=1S/C10H7ClN4OS/c11-5-1-2-6-7(3-5)12-9(13-10(6)16)8-4-17-15-14-8/h1-4,9,12H,(H,13,16)/t9-/m1/s1. The van der Waals surface area contributed by atoms with Gasteiger partial charge in [-0.05, 0) is 29.7 Å². The lowest BCUT2D eigenvalue weighted by molar-refractivity contribution is 0.0935.